The summed E-state index contributed by atoms with van der Waals surface area (Å²) < 4.78 is 1.99. The largest absolute Gasteiger partial charge is 0.384 e. The van der Waals surface area contributed by atoms with Gasteiger partial charge in [0.1, 0.15) is 11.5 Å². The van der Waals surface area contributed by atoms with Crippen LogP contribution in [-0.2, 0) is 7.05 Å². The molecule has 0 saturated heterocycles. The molecule has 0 atom stereocenters. The first-order chi connectivity index (χ1) is 5.68. The highest BCUT2D eigenvalue weighted by atomic mass is 15.0. The first-order valence-corrected chi connectivity index (χ1v) is 3.86. The second-order valence-corrected chi connectivity index (χ2v) is 3.03. The number of fused-ring (bicyclic) bond motifs is 1. The van der Waals surface area contributed by atoms with Gasteiger partial charge >= 0.3 is 0 Å². The molecule has 0 fully saturated rings. The van der Waals surface area contributed by atoms with Crippen molar-refractivity contribution in [2.24, 2.45) is 7.05 Å². The molecule has 2 rings (SSSR count). The van der Waals surface area contributed by atoms with Crippen LogP contribution in [0.1, 0.15) is 5.56 Å². The van der Waals surface area contributed by atoms with Gasteiger partial charge in [-0.1, -0.05) is 0 Å². The molecule has 2 heterocycles. The molecular formula is C9H11N3. The van der Waals surface area contributed by atoms with E-state index in [0.717, 1.165) is 5.65 Å². The summed E-state index contributed by atoms with van der Waals surface area (Å²) in [4.78, 5) is 4.24. The topological polar surface area (TPSA) is 43.8 Å². The molecule has 0 aliphatic carbocycles. The fourth-order valence-electron chi connectivity index (χ4n) is 1.46. The molecule has 0 unspecified atom stereocenters. The van der Waals surface area contributed by atoms with Crippen molar-refractivity contribution in [2.75, 3.05) is 5.73 Å². The molecule has 0 aliphatic rings. The highest BCUT2D eigenvalue weighted by Crippen LogP contribution is 2.18. The number of hydrogen-bond acceptors (Lipinski definition) is 2. The average Bonchev–Trinajstić information content (AvgIpc) is 2.28. The zero-order valence-electron chi connectivity index (χ0n) is 7.20. The van der Waals surface area contributed by atoms with E-state index in [9.17, 15) is 0 Å². The lowest BCUT2D eigenvalue weighted by atomic mass is 10.2. The van der Waals surface area contributed by atoms with E-state index in [1.807, 2.05) is 23.7 Å². The van der Waals surface area contributed by atoms with Crippen LogP contribution in [0.4, 0.5) is 5.82 Å². The molecule has 3 heteroatoms. The van der Waals surface area contributed by atoms with E-state index in [2.05, 4.69) is 18.1 Å². The minimum atomic E-state index is 0.573. The smallest absolute Gasteiger partial charge is 0.142 e. The third-order valence-corrected chi connectivity index (χ3v) is 2.04. The van der Waals surface area contributed by atoms with Crippen LogP contribution in [0.2, 0.25) is 0 Å². The fourth-order valence-corrected chi connectivity index (χ4v) is 1.46. The van der Waals surface area contributed by atoms with Gasteiger partial charge in [0, 0.05) is 18.6 Å². The lowest BCUT2D eigenvalue weighted by molar-refractivity contribution is 0.945. The van der Waals surface area contributed by atoms with Gasteiger partial charge in [0.05, 0.1) is 0 Å². The normalized spacial score (nSPS) is 10.8. The molecule has 3 nitrogen and oxygen atoms in total. The van der Waals surface area contributed by atoms with Crippen molar-refractivity contribution in [2.45, 2.75) is 6.92 Å². The van der Waals surface area contributed by atoms with E-state index in [0.29, 0.717) is 5.82 Å². The molecule has 0 spiro atoms. The van der Waals surface area contributed by atoms with Gasteiger partial charge in [-0.25, -0.2) is 4.98 Å². The van der Waals surface area contributed by atoms with Crippen molar-refractivity contribution in [3.63, 3.8) is 0 Å². The molecule has 62 valence electrons. The molecule has 0 aromatic carbocycles. The predicted molar refractivity (Wildman–Crippen MR) is 49.9 cm³/mol. The van der Waals surface area contributed by atoms with E-state index in [1.165, 1.54) is 10.9 Å². The lowest BCUT2D eigenvalue weighted by Gasteiger charge is -1.95. The van der Waals surface area contributed by atoms with Crippen LogP contribution in [0.15, 0.2) is 18.3 Å². The summed E-state index contributed by atoms with van der Waals surface area (Å²) in [6.07, 6.45) is 2.05. The Bertz CT molecular complexity index is 429. The second kappa shape index (κ2) is 2.24. The first-order valence-electron chi connectivity index (χ1n) is 3.86. The molecule has 0 bridgehead atoms. The van der Waals surface area contributed by atoms with Crippen molar-refractivity contribution in [1.29, 1.82) is 0 Å². The average molecular weight is 161 g/mol. The van der Waals surface area contributed by atoms with Crippen molar-refractivity contribution >= 4 is 16.9 Å². The van der Waals surface area contributed by atoms with Gasteiger partial charge in [0.15, 0.2) is 0 Å². The number of pyridine rings is 1. The number of rotatable bonds is 0. The third-order valence-electron chi connectivity index (χ3n) is 2.04. The van der Waals surface area contributed by atoms with Gasteiger partial charge in [0.2, 0.25) is 0 Å². The van der Waals surface area contributed by atoms with Crippen LogP contribution in [0.25, 0.3) is 11.0 Å². The Morgan fingerprint density at radius 2 is 2.17 bits per heavy atom. The zero-order valence-corrected chi connectivity index (χ0v) is 7.20. The number of nitrogen functional groups attached to an aromatic ring is 1. The van der Waals surface area contributed by atoms with Gasteiger partial charge in [-0.2, -0.15) is 0 Å². The van der Waals surface area contributed by atoms with Gasteiger partial charge in [-0.05, 0) is 24.6 Å². The fraction of sp³-hybridized carbons (Fsp3) is 0.222. The van der Waals surface area contributed by atoms with Crippen LogP contribution >= 0.6 is 0 Å². The molecule has 0 saturated carbocycles. The number of nitrogens with two attached hydrogens (primary N) is 1. The van der Waals surface area contributed by atoms with E-state index in [1.54, 1.807) is 0 Å². The molecule has 0 radical (unpaired) electrons. The van der Waals surface area contributed by atoms with E-state index < -0.39 is 0 Å². The highest BCUT2D eigenvalue weighted by molar-refractivity contribution is 5.81. The summed E-state index contributed by atoms with van der Waals surface area (Å²) >= 11 is 0. The van der Waals surface area contributed by atoms with Crippen LogP contribution in [0.5, 0.6) is 0 Å². The maximum atomic E-state index is 5.58. The maximum absolute atomic E-state index is 5.58. The third kappa shape index (κ3) is 0.863. The van der Waals surface area contributed by atoms with E-state index in [4.69, 9.17) is 5.73 Å². The van der Waals surface area contributed by atoms with E-state index >= 15 is 0 Å². The highest BCUT2D eigenvalue weighted by Gasteiger charge is 2.03. The van der Waals surface area contributed by atoms with Crippen molar-refractivity contribution in [3.05, 3.63) is 23.9 Å². The minimum Gasteiger partial charge on any atom is -0.384 e. The minimum absolute atomic E-state index is 0.573. The predicted octanol–water partition coefficient (Wildman–Crippen LogP) is 1.46. The van der Waals surface area contributed by atoms with E-state index in [-0.39, 0.29) is 0 Å². The maximum Gasteiger partial charge on any atom is 0.142 e. The van der Waals surface area contributed by atoms with Crippen molar-refractivity contribution in [1.82, 2.24) is 9.55 Å². The molecule has 0 amide bonds. The number of anilines is 1. The van der Waals surface area contributed by atoms with Gasteiger partial charge in [-0.15, -0.1) is 0 Å². The molecular weight excluding hydrogens is 150 g/mol. The quantitative estimate of drug-likeness (QED) is 0.635. The summed E-state index contributed by atoms with van der Waals surface area (Å²) in [5.41, 5.74) is 7.77. The Kier molecular flexibility index (Phi) is 1.33. The molecule has 0 aliphatic heterocycles. The Hall–Kier alpha value is -1.51. The van der Waals surface area contributed by atoms with Crippen molar-refractivity contribution < 1.29 is 0 Å². The Labute approximate surface area is 70.8 Å². The molecule has 2 aromatic heterocycles. The Morgan fingerprint density at radius 1 is 1.42 bits per heavy atom. The monoisotopic (exact) mass is 161 g/mol. The van der Waals surface area contributed by atoms with Crippen LogP contribution < -0.4 is 5.73 Å². The van der Waals surface area contributed by atoms with Crippen LogP contribution in [0, 0.1) is 6.92 Å². The summed E-state index contributed by atoms with van der Waals surface area (Å²) in [6.45, 7) is 2.07. The van der Waals surface area contributed by atoms with Gasteiger partial charge < -0.3 is 10.3 Å². The molecule has 2 aromatic rings. The Morgan fingerprint density at radius 3 is 2.92 bits per heavy atom. The van der Waals surface area contributed by atoms with Crippen LogP contribution in [-0.4, -0.2) is 9.55 Å². The van der Waals surface area contributed by atoms with Crippen molar-refractivity contribution in [3.8, 4) is 0 Å². The number of aromatic nitrogens is 2. The SMILES string of the molecule is Cc1cn(C)c2nc(N)ccc12. The summed E-state index contributed by atoms with van der Waals surface area (Å²) in [7, 11) is 1.97. The number of hydrogen-bond donors (Lipinski definition) is 1. The summed E-state index contributed by atoms with van der Waals surface area (Å²) in [5, 5.41) is 1.17. The first kappa shape index (κ1) is 7.16. The standard InChI is InChI=1S/C9H11N3/c1-6-5-12(2)9-7(6)3-4-8(10)11-9/h3-5H,1-2H3,(H2,10,11). The second-order valence-electron chi connectivity index (χ2n) is 3.03. The zero-order chi connectivity index (χ0) is 8.72. The number of aryl methyl sites for hydroxylation is 2. The van der Waals surface area contributed by atoms with Gasteiger partial charge in [0.25, 0.3) is 0 Å². The molecule has 12 heavy (non-hydrogen) atoms. The lowest BCUT2D eigenvalue weighted by Crippen LogP contribution is -1.92. The summed E-state index contributed by atoms with van der Waals surface area (Å²) in [5.74, 6) is 0.573. The van der Waals surface area contributed by atoms with Crippen LogP contribution in [0.3, 0.4) is 0 Å². The Balaban J connectivity index is 2.90. The van der Waals surface area contributed by atoms with Gasteiger partial charge in [-0.3, -0.25) is 0 Å². The molecule has 2 N–H and O–H groups in total. The number of nitrogens with zero attached hydrogens (tertiary/aromatic N) is 2. The summed E-state index contributed by atoms with van der Waals surface area (Å²) in [6, 6.07) is 3.84.